The molecule has 3 aromatic rings. The first-order chi connectivity index (χ1) is 18.6. The summed E-state index contributed by atoms with van der Waals surface area (Å²) in [6.45, 7) is 1.66. The molecule has 13 heteroatoms. The van der Waals surface area contributed by atoms with Crippen LogP contribution in [0.1, 0.15) is 30.7 Å². The van der Waals surface area contributed by atoms with Crippen molar-refractivity contribution < 1.29 is 27.5 Å². The van der Waals surface area contributed by atoms with Gasteiger partial charge in [-0.05, 0) is 36.6 Å². The third-order valence-corrected chi connectivity index (χ3v) is 7.84. The number of carbonyl (C=O) groups excluding carboxylic acids is 2. The van der Waals surface area contributed by atoms with Gasteiger partial charge < -0.3 is 24.4 Å². The van der Waals surface area contributed by atoms with E-state index in [-0.39, 0.29) is 55.7 Å². The molecule has 39 heavy (non-hydrogen) atoms. The van der Waals surface area contributed by atoms with Crippen LogP contribution < -0.4 is 10.2 Å². The van der Waals surface area contributed by atoms with Gasteiger partial charge in [0.05, 0.1) is 24.7 Å². The number of anilines is 1. The summed E-state index contributed by atoms with van der Waals surface area (Å²) in [5.41, 5.74) is 1.50. The molecule has 0 saturated carbocycles. The van der Waals surface area contributed by atoms with Gasteiger partial charge in [-0.25, -0.2) is 14.8 Å². The smallest absolute Gasteiger partial charge is 0.379 e. The van der Waals surface area contributed by atoms with Crippen LogP contribution in [0.2, 0.25) is 5.15 Å². The van der Waals surface area contributed by atoms with E-state index in [1.807, 2.05) is 24.3 Å². The van der Waals surface area contributed by atoms with E-state index in [9.17, 15) is 22.8 Å². The number of para-hydroxylation sites is 1. The number of hydrogen-bond acceptors (Lipinski definition) is 5. The molecule has 2 aromatic heterocycles. The fourth-order valence-corrected chi connectivity index (χ4v) is 5.85. The minimum atomic E-state index is -4.28. The number of amides is 3. The number of urea groups is 1. The summed E-state index contributed by atoms with van der Waals surface area (Å²) < 4.78 is 45.6. The molecule has 9 nitrogen and oxygen atoms in total. The number of likely N-dealkylation sites (tertiary alicyclic amines) is 1. The van der Waals surface area contributed by atoms with Crippen LogP contribution in [0.15, 0.2) is 36.4 Å². The number of pyridine rings is 1. The number of fused-ring (bicyclic) bond motifs is 3. The van der Waals surface area contributed by atoms with Gasteiger partial charge in [-0.3, -0.25) is 4.79 Å². The number of benzene rings is 1. The van der Waals surface area contributed by atoms with Crippen molar-refractivity contribution in [3.63, 3.8) is 0 Å². The Bertz CT molecular complexity index is 1430. The van der Waals surface area contributed by atoms with Crippen molar-refractivity contribution in [1.82, 2.24) is 24.8 Å². The summed E-state index contributed by atoms with van der Waals surface area (Å²) in [4.78, 5) is 38.7. The molecule has 1 atom stereocenters. The molecule has 3 aliphatic rings. The quantitative estimate of drug-likeness (QED) is 0.458. The largest absolute Gasteiger partial charge is 0.389 e. The predicted octanol–water partition coefficient (Wildman–Crippen LogP) is 4.03. The van der Waals surface area contributed by atoms with Gasteiger partial charge in [0, 0.05) is 38.3 Å². The van der Waals surface area contributed by atoms with Crippen LogP contribution in [0.5, 0.6) is 0 Å². The molecule has 1 spiro atoms. The number of aryl methyl sites for hydroxylation is 1. The first kappa shape index (κ1) is 25.9. The second-order valence-electron chi connectivity index (χ2n) is 10.2. The van der Waals surface area contributed by atoms with E-state index in [1.54, 1.807) is 26.5 Å². The lowest BCUT2D eigenvalue weighted by atomic mass is 9.75. The minimum Gasteiger partial charge on any atom is -0.379 e. The lowest BCUT2D eigenvalue weighted by molar-refractivity contribution is -0.135. The molecule has 2 saturated heterocycles. The van der Waals surface area contributed by atoms with Gasteiger partial charge in [0.1, 0.15) is 16.4 Å². The molecule has 6 rings (SSSR count). The van der Waals surface area contributed by atoms with Crippen LogP contribution in [-0.2, 0) is 28.0 Å². The molecule has 206 valence electrons. The topological polar surface area (TPSA) is 92.6 Å². The van der Waals surface area contributed by atoms with Gasteiger partial charge in [0.25, 0.3) is 0 Å². The van der Waals surface area contributed by atoms with Gasteiger partial charge in [-0.15, -0.1) is 0 Å². The number of hydrogen-bond donors (Lipinski definition) is 1. The van der Waals surface area contributed by atoms with Gasteiger partial charge in [-0.1, -0.05) is 29.8 Å². The number of alkyl halides is 3. The summed E-state index contributed by atoms with van der Waals surface area (Å²) in [6.07, 6.45) is -4.60. The molecular formula is C26H26ClF3N6O3. The number of nitrogens with one attached hydrogen (secondary N) is 1. The van der Waals surface area contributed by atoms with Crippen molar-refractivity contribution in [2.45, 2.75) is 50.0 Å². The molecule has 0 bridgehead atoms. The highest BCUT2D eigenvalue weighted by Crippen LogP contribution is 2.48. The molecular weight excluding hydrogens is 537 g/mol. The molecule has 1 unspecified atom stereocenters. The van der Waals surface area contributed by atoms with Crippen molar-refractivity contribution in [2.75, 3.05) is 31.2 Å². The number of carbonyl (C=O) groups is 2. The maximum atomic E-state index is 13.9. The van der Waals surface area contributed by atoms with Crippen LogP contribution in [-0.4, -0.2) is 69.9 Å². The van der Waals surface area contributed by atoms with Gasteiger partial charge in [0.2, 0.25) is 5.91 Å². The molecule has 0 radical (unpaired) electrons. The summed E-state index contributed by atoms with van der Waals surface area (Å²) in [5.74, 6) is 0.245. The van der Waals surface area contributed by atoms with Crippen molar-refractivity contribution in [2.24, 2.45) is 0 Å². The van der Waals surface area contributed by atoms with Crippen LogP contribution in [0.25, 0.3) is 11.2 Å². The maximum absolute atomic E-state index is 13.9. The summed E-state index contributed by atoms with van der Waals surface area (Å²) in [6, 6.07) is 10.4. The minimum absolute atomic E-state index is 0.0374. The summed E-state index contributed by atoms with van der Waals surface area (Å²) >= 11 is 6.04. The van der Waals surface area contributed by atoms with E-state index < -0.39 is 18.0 Å². The first-order valence-electron chi connectivity index (χ1n) is 12.8. The van der Waals surface area contributed by atoms with Crippen LogP contribution in [0.4, 0.5) is 23.7 Å². The van der Waals surface area contributed by atoms with Crippen molar-refractivity contribution in [3.05, 3.63) is 52.9 Å². The Morgan fingerprint density at radius 1 is 1.18 bits per heavy atom. The third-order valence-electron chi connectivity index (χ3n) is 7.63. The highest BCUT2D eigenvalue weighted by Gasteiger charge is 2.59. The van der Waals surface area contributed by atoms with E-state index in [0.717, 1.165) is 12.0 Å². The fraction of sp³-hybridized carbons (Fsp3) is 0.462. The number of halogens is 4. The Hall–Kier alpha value is -3.38. The molecule has 5 heterocycles. The third kappa shape index (κ3) is 4.69. The highest BCUT2D eigenvalue weighted by atomic mass is 35.5. The highest BCUT2D eigenvalue weighted by molar-refractivity contribution is 6.29. The molecule has 3 aliphatic heterocycles. The normalized spacial score (nSPS) is 20.1. The number of imidazole rings is 1. The molecule has 2 fully saturated rings. The molecule has 0 aliphatic carbocycles. The number of aromatic nitrogens is 3. The zero-order valence-corrected chi connectivity index (χ0v) is 21.6. The monoisotopic (exact) mass is 562 g/mol. The van der Waals surface area contributed by atoms with E-state index in [1.165, 1.54) is 0 Å². The van der Waals surface area contributed by atoms with E-state index in [0.29, 0.717) is 35.9 Å². The zero-order chi connectivity index (χ0) is 27.4. The fourth-order valence-electron chi connectivity index (χ4n) is 5.70. The zero-order valence-electron chi connectivity index (χ0n) is 20.9. The van der Waals surface area contributed by atoms with Crippen molar-refractivity contribution in [3.8, 4) is 0 Å². The van der Waals surface area contributed by atoms with Crippen LogP contribution in [0, 0.1) is 0 Å². The Kier molecular flexibility index (Phi) is 6.41. The van der Waals surface area contributed by atoms with Gasteiger partial charge >= 0.3 is 12.2 Å². The standard InChI is InChI=1S/C26H26ClF3N6O3/c27-20-7-6-19-22(32-20)33-21(35(19)10-3-9-26(28,29)30)12-36-18-5-2-1-4-17(18)25(23(36)37)14-34(15-25)24(38)31-16-8-11-39-13-16/h1-2,4-7,16H,3,8-15H2,(H,31,38). The van der Waals surface area contributed by atoms with Gasteiger partial charge in [0.15, 0.2) is 5.65 Å². The summed E-state index contributed by atoms with van der Waals surface area (Å²) in [5, 5.41) is 3.18. The SMILES string of the molecule is O=C(NC1CCOC1)N1CC2(C1)C(=O)N(Cc1nc3nc(Cl)ccc3n1CCCC(F)(F)F)c1ccccc12. The Balaban J connectivity index is 1.26. The lowest BCUT2D eigenvalue weighted by Crippen LogP contribution is -2.67. The van der Waals surface area contributed by atoms with Crippen molar-refractivity contribution in [1.29, 1.82) is 0 Å². The lowest BCUT2D eigenvalue weighted by Gasteiger charge is -2.46. The number of rotatable bonds is 6. The summed E-state index contributed by atoms with van der Waals surface area (Å²) in [7, 11) is 0. The molecule has 3 amide bonds. The molecule has 1 N–H and O–H groups in total. The first-order valence-corrected chi connectivity index (χ1v) is 13.2. The second kappa shape index (κ2) is 9.67. The van der Waals surface area contributed by atoms with Crippen LogP contribution in [0.3, 0.4) is 0 Å². The Morgan fingerprint density at radius 2 is 1.97 bits per heavy atom. The van der Waals surface area contributed by atoms with E-state index >= 15 is 0 Å². The average molecular weight is 563 g/mol. The van der Waals surface area contributed by atoms with E-state index in [4.69, 9.17) is 16.3 Å². The number of nitrogens with zero attached hydrogens (tertiary/aromatic N) is 5. The molecule has 1 aromatic carbocycles. The van der Waals surface area contributed by atoms with Crippen molar-refractivity contribution >= 4 is 40.4 Å². The second-order valence-corrected chi connectivity index (χ2v) is 10.6. The van der Waals surface area contributed by atoms with Crippen LogP contribution >= 0.6 is 11.6 Å². The average Bonchev–Trinajstić information content (AvgIpc) is 3.54. The predicted molar refractivity (Wildman–Crippen MR) is 136 cm³/mol. The Morgan fingerprint density at radius 3 is 2.72 bits per heavy atom. The number of ether oxygens (including phenoxy) is 1. The van der Waals surface area contributed by atoms with Gasteiger partial charge in [-0.2, -0.15) is 13.2 Å². The van der Waals surface area contributed by atoms with E-state index in [2.05, 4.69) is 15.3 Å². The maximum Gasteiger partial charge on any atom is 0.389 e. The Labute approximate surface area is 226 Å².